The highest BCUT2D eigenvalue weighted by atomic mass is 14.6. The van der Waals surface area contributed by atoms with E-state index in [0.29, 0.717) is 0 Å². The summed E-state index contributed by atoms with van der Waals surface area (Å²) in [6.07, 6.45) is 5.66. The lowest BCUT2D eigenvalue weighted by Crippen LogP contribution is -1.94. The number of hydrogen-bond donors (Lipinski definition) is 1. The Morgan fingerprint density at radius 1 is 1.55 bits per heavy atom. The molecular formula is C9H18N2. The minimum atomic E-state index is 0.732. The van der Waals surface area contributed by atoms with Crippen LogP contribution in [0, 0.1) is 5.92 Å². The van der Waals surface area contributed by atoms with Crippen LogP contribution >= 0.6 is 0 Å². The van der Waals surface area contributed by atoms with Gasteiger partial charge in [-0.1, -0.05) is 13.8 Å². The van der Waals surface area contributed by atoms with Crippen molar-refractivity contribution in [3.05, 3.63) is 11.8 Å². The molecule has 0 spiro atoms. The fourth-order valence-corrected chi connectivity index (χ4v) is 0.812. The lowest BCUT2D eigenvalue weighted by atomic mass is 10.0. The Hall–Kier alpha value is -0.790. The third kappa shape index (κ3) is 5.64. The summed E-state index contributed by atoms with van der Waals surface area (Å²) in [4.78, 5) is 3.91. The van der Waals surface area contributed by atoms with Crippen LogP contribution in [0.25, 0.3) is 0 Å². The van der Waals surface area contributed by atoms with Crippen LogP contribution in [-0.4, -0.2) is 13.3 Å². The molecule has 11 heavy (non-hydrogen) atoms. The van der Waals surface area contributed by atoms with Crippen molar-refractivity contribution in [2.45, 2.75) is 26.7 Å². The molecule has 0 amide bonds. The third-order valence-electron chi connectivity index (χ3n) is 1.52. The van der Waals surface area contributed by atoms with Crippen LogP contribution in [0.15, 0.2) is 16.8 Å². The van der Waals surface area contributed by atoms with Gasteiger partial charge in [0, 0.05) is 13.3 Å². The molecule has 0 aromatic carbocycles. The van der Waals surface area contributed by atoms with Crippen LogP contribution < -0.4 is 5.73 Å². The molecule has 0 bridgehead atoms. The molecule has 0 unspecified atom stereocenters. The largest absolute Gasteiger partial charge is 0.404 e. The molecule has 0 aromatic rings. The molecule has 0 atom stereocenters. The second-order valence-corrected chi connectivity index (χ2v) is 3.06. The lowest BCUT2D eigenvalue weighted by molar-refractivity contribution is 0.590. The minimum absolute atomic E-state index is 0.732. The summed E-state index contributed by atoms with van der Waals surface area (Å²) >= 11 is 0. The van der Waals surface area contributed by atoms with Gasteiger partial charge in [-0.3, -0.25) is 4.99 Å². The first-order valence-corrected chi connectivity index (χ1v) is 4.03. The number of aliphatic imine (C=N–C) groups is 1. The first-order chi connectivity index (χ1) is 5.20. The maximum Gasteiger partial charge on any atom is 0.0277 e. The number of allylic oxidation sites excluding steroid dienone is 1. The van der Waals surface area contributed by atoms with Crippen LogP contribution in [0.4, 0.5) is 0 Å². The summed E-state index contributed by atoms with van der Waals surface area (Å²) in [7, 11) is 1.76. The number of nitrogens with zero attached hydrogens (tertiary/aromatic N) is 1. The van der Waals surface area contributed by atoms with Gasteiger partial charge in [-0.25, -0.2) is 0 Å². The van der Waals surface area contributed by atoms with Crippen molar-refractivity contribution < 1.29 is 0 Å². The summed E-state index contributed by atoms with van der Waals surface area (Å²) < 4.78 is 0. The molecule has 0 aromatic heterocycles. The van der Waals surface area contributed by atoms with Gasteiger partial charge in [-0.2, -0.15) is 0 Å². The van der Waals surface area contributed by atoms with E-state index in [0.717, 1.165) is 17.9 Å². The summed E-state index contributed by atoms with van der Waals surface area (Å²) in [6.45, 7) is 4.41. The van der Waals surface area contributed by atoms with Crippen molar-refractivity contribution in [1.82, 2.24) is 0 Å². The smallest absolute Gasteiger partial charge is 0.0277 e. The highest BCUT2D eigenvalue weighted by Crippen LogP contribution is 2.08. The standard InChI is InChI=1S/C9H18N2/c1-8(2)4-5-9(6-10)7-11-3/h6-8H,4-5,10H2,1-3H3. The van der Waals surface area contributed by atoms with Gasteiger partial charge in [0.2, 0.25) is 0 Å². The number of nitrogens with two attached hydrogens (primary N) is 1. The summed E-state index contributed by atoms with van der Waals surface area (Å²) in [5.41, 5.74) is 6.52. The maximum absolute atomic E-state index is 5.39. The third-order valence-corrected chi connectivity index (χ3v) is 1.52. The van der Waals surface area contributed by atoms with Crippen LogP contribution in [-0.2, 0) is 0 Å². The van der Waals surface area contributed by atoms with Gasteiger partial charge < -0.3 is 5.73 Å². The van der Waals surface area contributed by atoms with Crippen LogP contribution in [0.5, 0.6) is 0 Å². The molecule has 0 saturated carbocycles. The molecule has 0 rings (SSSR count). The Bertz CT molecular complexity index is 146. The predicted molar refractivity (Wildman–Crippen MR) is 50.8 cm³/mol. The van der Waals surface area contributed by atoms with Gasteiger partial charge in [-0.15, -0.1) is 0 Å². The Balaban J connectivity index is 3.72. The second kappa shape index (κ2) is 5.96. The van der Waals surface area contributed by atoms with Gasteiger partial charge >= 0.3 is 0 Å². The van der Waals surface area contributed by atoms with Crippen molar-refractivity contribution in [2.24, 2.45) is 16.6 Å². The Labute approximate surface area is 69.2 Å². The molecule has 0 aliphatic carbocycles. The van der Waals surface area contributed by atoms with E-state index < -0.39 is 0 Å². The van der Waals surface area contributed by atoms with E-state index in [1.54, 1.807) is 13.2 Å². The average molecular weight is 154 g/mol. The Morgan fingerprint density at radius 2 is 2.18 bits per heavy atom. The van der Waals surface area contributed by atoms with Crippen molar-refractivity contribution in [3.63, 3.8) is 0 Å². The molecule has 0 radical (unpaired) electrons. The molecule has 0 saturated heterocycles. The Morgan fingerprint density at radius 3 is 2.55 bits per heavy atom. The molecule has 0 aliphatic heterocycles. The maximum atomic E-state index is 5.39. The number of hydrogen-bond acceptors (Lipinski definition) is 2. The molecular weight excluding hydrogens is 136 g/mol. The second-order valence-electron chi connectivity index (χ2n) is 3.06. The molecule has 0 fully saturated rings. The first-order valence-electron chi connectivity index (χ1n) is 4.03. The summed E-state index contributed by atoms with van der Waals surface area (Å²) in [5.74, 6) is 0.732. The van der Waals surface area contributed by atoms with Crippen molar-refractivity contribution >= 4 is 6.21 Å². The topological polar surface area (TPSA) is 38.4 Å². The van der Waals surface area contributed by atoms with E-state index in [2.05, 4.69) is 18.8 Å². The quantitative estimate of drug-likeness (QED) is 0.618. The summed E-state index contributed by atoms with van der Waals surface area (Å²) in [5, 5.41) is 0. The van der Waals surface area contributed by atoms with Crippen molar-refractivity contribution in [3.8, 4) is 0 Å². The van der Waals surface area contributed by atoms with E-state index in [9.17, 15) is 0 Å². The van der Waals surface area contributed by atoms with Crippen LogP contribution in [0.3, 0.4) is 0 Å². The SMILES string of the molecule is CN=CC(=CN)CCC(C)C. The van der Waals surface area contributed by atoms with E-state index in [1.807, 2.05) is 6.21 Å². The highest BCUT2D eigenvalue weighted by molar-refractivity contribution is 5.77. The molecule has 2 N–H and O–H groups in total. The monoisotopic (exact) mass is 154 g/mol. The zero-order valence-electron chi connectivity index (χ0n) is 7.67. The first kappa shape index (κ1) is 10.2. The van der Waals surface area contributed by atoms with Crippen molar-refractivity contribution in [2.75, 3.05) is 7.05 Å². The molecule has 64 valence electrons. The van der Waals surface area contributed by atoms with E-state index in [4.69, 9.17) is 5.73 Å². The van der Waals surface area contributed by atoms with E-state index in [-0.39, 0.29) is 0 Å². The lowest BCUT2D eigenvalue weighted by Gasteiger charge is -2.03. The minimum Gasteiger partial charge on any atom is -0.404 e. The zero-order valence-corrected chi connectivity index (χ0v) is 7.67. The normalized spacial score (nSPS) is 13.3. The van der Waals surface area contributed by atoms with Gasteiger partial charge in [0.05, 0.1) is 0 Å². The highest BCUT2D eigenvalue weighted by Gasteiger charge is 1.96. The molecule has 0 heterocycles. The van der Waals surface area contributed by atoms with Crippen LogP contribution in [0.1, 0.15) is 26.7 Å². The van der Waals surface area contributed by atoms with Gasteiger partial charge in [0.25, 0.3) is 0 Å². The van der Waals surface area contributed by atoms with Gasteiger partial charge in [-0.05, 0) is 30.5 Å². The average Bonchev–Trinajstić information content (AvgIpc) is 1.97. The van der Waals surface area contributed by atoms with E-state index >= 15 is 0 Å². The molecule has 2 heteroatoms. The Kier molecular flexibility index (Phi) is 5.53. The summed E-state index contributed by atoms with van der Waals surface area (Å²) in [6, 6.07) is 0. The zero-order chi connectivity index (χ0) is 8.69. The molecule has 2 nitrogen and oxygen atoms in total. The predicted octanol–water partition coefficient (Wildman–Crippen LogP) is 1.97. The van der Waals surface area contributed by atoms with Crippen molar-refractivity contribution in [1.29, 1.82) is 0 Å². The van der Waals surface area contributed by atoms with Gasteiger partial charge in [0.1, 0.15) is 0 Å². The fourth-order valence-electron chi connectivity index (χ4n) is 0.812. The number of rotatable bonds is 4. The van der Waals surface area contributed by atoms with Crippen LogP contribution in [0.2, 0.25) is 0 Å². The van der Waals surface area contributed by atoms with Gasteiger partial charge in [0.15, 0.2) is 0 Å². The van der Waals surface area contributed by atoms with E-state index in [1.165, 1.54) is 6.42 Å². The fraction of sp³-hybridized carbons (Fsp3) is 0.667. The molecule has 0 aliphatic rings.